The number of carbonyl (C=O) groups is 2. The van der Waals surface area contributed by atoms with Gasteiger partial charge in [-0.25, -0.2) is 0 Å². The molecule has 1 unspecified atom stereocenters. The molecule has 0 aliphatic carbocycles. The highest BCUT2D eigenvalue weighted by Crippen LogP contribution is 2.00. The van der Waals surface area contributed by atoms with E-state index in [1.807, 2.05) is 6.92 Å². The monoisotopic (exact) mass is 210 g/mol. The third kappa shape index (κ3) is 5.00. The van der Waals surface area contributed by atoms with Crippen LogP contribution in [0.2, 0.25) is 0 Å². The van der Waals surface area contributed by atoms with Gasteiger partial charge in [0.25, 0.3) is 0 Å². The summed E-state index contributed by atoms with van der Waals surface area (Å²) in [6.07, 6.45) is 3.21. The maximum Gasteiger partial charge on any atom is 0.245 e. The first-order valence-electron chi connectivity index (χ1n) is 4.82. The minimum absolute atomic E-state index is 0.0700. The van der Waals surface area contributed by atoms with E-state index in [2.05, 4.69) is 18.5 Å². The largest absolute Gasteiger partial charge is 0.352 e. The lowest BCUT2D eigenvalue weighted by atomic mass is 10.2. The van der Waals surface area contributed by atoms with Gasteiger partial charge < -0.3 is 10.2 Å². The first-order valence-corrected chi connectivity index (χ1v) is 4.82. The summed E-state index contributed by atoms with van der Waals surface area (Å²) in [7, 11) is 1.71. The Kier molecular flexibility index (Phi) is 6.09. The molecule has 4 heteroatoms. The quantitative estimate of drug-likeness (QED) is 0.656. The van der Waals surface area contributed by atoms with Gasteiger partial charge in [0, 0.05) is 19.6 Å². The number of hydrogen-bond donors (Lipinski definition) is 1. The lowest BCUT2D eigenvalue weighted by Gasteiger charge is -2.23. The van der Waals surface area contributed by atoms with Crippen LogP contribution in [0.3, 0.4) is 0 Å². The number of rotatable bonds is 6. The predicted molar refractivity (Wildman–Crippen MR) is 60.3 cm³/mol. The van der Waals surface area contributed by atoms with Crippen molar-refractivity contribution in [3.05, 3.63) is 25.3 Å². The van der Waals surface area contributed by atoms with E-state index in [0.29, 0.717) is 13.0 Å². The molecule has 4 nitrogen and oxygen atoms in total. The number of carbonyl (C=O) groups excluding carboxylic acids is 2. The molecule has 0 saturated heterocycles. The van der Waals surface area contributed by atoms with Crippen LogP contribution in [0.1, 0.15) is 13.3 Å². The van der Waals surface area contributed by atoms with E-state index in [4.69, 9.17) is 0 Å². The lowest BCUT2D eigenvalue weighted by molar-refractivity contribution is -0.126. The Morgan fingerprint density at radius 3 is 2.47 bits per heavy atom. The van der Waals surface area contributed by atoms with E-state index in [-0.39, 0.29) is 17.9 Å². The first kappa shape index (κ1) is 13.4. The van der Waals surface area contributed by atoms with Gasteiger partial charge in [-0.05, 0) is 25.5 Å². The van der Waals surface area contributed by atoms with Gasteiger partial charge in [0.15, 0.2) is 0 Å². The molecule has 0 rings (SSSR count). The van der Waals surface area contributed by atoms with Crippen LogP contribution in [0, 0.1) is 0 Å². The molecule has 0 heterocycles. The van der Waals surface area contributed by atoms with Crippen molar-refractivity contribution in [2.75, 3.05) is 13.6 Å². The Morgan fingerprint density at radius 1 is 1.40 bits per heavy atom. The van der Waals surface area contributed by atoms with Gasteiger partial charge in [0.1, 0.15) is 0 Å². The highest BCUT2D eigenvalue weighted by Gasteiger charge is 2.12. The molecule has 0 saturated carbocycles. The highest BCUT2D eigenvalue weighted by molar-refractivity contribution is 5.87. The minimum Gasteiger partial charge on any atom is -0.352 e. The number of hydrogen-bond acceptors (Lipinski definition) is 2. The van der Waals surface area contributed by atoms with Gasteiger partial charge in [-0.15, -0.1) is 0 Å². The van der Waals surface area contributed by atoms with Gasteiger partial charge >= 0.3 is 0 Å². The van der Waals surface area contributed by atoms with Crippen molar-refractivity contribution in [2.24, 2.45) is 0 Å². The summed E-state index contributed by atoms with van der Waals surface area (Å²) in [6.45, 7) is 9.20. The van der Waals surface area contributed by atoms with Gasteiger partial charge in [-0.2, -0.15) is 0 Å². The van der Waals surface area contributed by atoms with Crippen molar-refractivity contribution in [2.45, 2.75) is 19.4 Å². The van der Waals surface area contributed by atoms with E-state index in [9.17, 15) is 9.59 Å². The predicted octanol–water partition coefficient (Wildman–Crippen LogP) is 0.712. The van der Waals surface area contributed by atoms with Crippen LogP contribution in [-0.4, -0.2) is 36.3 Å². The molecule has 0 aliphatic heterocycles. The van der Waals surface area contributed by atoms with Crippen LogP contribution in [0.25, 0.3) is 0 Å². The molecule has 0 fully saturated rings. The molecule has 0 aromatic rings. The Balaban J connectivity index is 3.87. The van der Waals surface area contributed by atoms with Crippen LogP contribution in [-0.2, 0) is 9.59 Å². The smallest absolute Gasteiger partial charge is 0.245 e. The molecule has 0 spiro atoms. The summed E-state index contributed by atoms with van der Waals surface area (Å²) in [5, 5.41) is 2.65. The molecule has 0 aliphatic rings. The first-order chi connectivity index (χ1) is 7.02. The fourth-order valence-electron chi connectivity index (χ4n) is 1.03. The van der Waals surface area contributed by atoms with Gasteiger partial charge in [-0.3, -0.25) is 9.59 Å². The van der Waals surface area contributed by atoms with Crippen LogP contribution in [0.5, 0.6) is 0 Å². The maximum absolute atomic E-state index is 11.2. The zero-order chi connectivity index (χ0) is 11.8. The average Bonchev–Trinajstić information content (AvgIpc) is 2.26. The molecular formula is C11H18N2O2. The second-order valence-electron chi connectivity index (χ2n) is 3.29. The summed E-state index contributed by atoms with van der Waals surface area (Å²) in [5.41, 5.74) is 0. The van der Waals surface area contributed by atoms with Crippen LogP contribution in [0.15, 0.2) is 25.3 Å². The Morgan fingerprint density at radius 2 is 2.00 bits per heavy atom. The van der Waals surface area contributed by atoms with Crippen molar-refractivity contribution in [3.63, 3.8) is 0 Å². The van der Waals surface area contributed by atoms with Crippen LogP contribution in [0.4, 0.5) is 0 Å². The molecule has 2 amide bonds. The molecule has 1 N–H and O–H groups in total. The molecule has 0 aromatic heterocycles. The molecule has 15 heavy (non-hydrogen) atoms. The standard InChI is InChI=1S/C11H18N2O2/c1-5-10(14)12-8-7-9(3)13(4)11(15)6-2/h5-6,9H,1-2,7-8H2,3-4H3,(H,12,14). The van der Waals surface area contributed by atoms with E-state index >= 15 is 0 Å². The summed E-state index contributed by atoms with van der Waals surface area (Å²) in [4.78, 5) is 23.6. The van der Waals surface area contributed by atoms with Crippen molar-refractivity contribution in [3.8, 4) is 0 Å². The number of nitrogens with zero attached hydrogens (tertiary/aromatic N) is 1. The summed E-state index contributed by atoms with van der Waals surface area (Å²) in [6, 6.07) is 0.0700. The molecular weight excluding hydrogens is 192 g/mol. The molecule has 84 valence electrons. The Hall–Kier alpha value is -1.58. The number of amides is 2. The maximum atomic E-state index is 11.2. The molecule has 0 radical (unpaired) electrons. The normalized spacial score (nSPS) is 11.3. The Labute approximate surface area is 90.6 Å². The minimum atomic E-state index is -0.195. The summed E-state index contributed by atoms with van der Waals surface area (Å²) >= 11 is 0. The third-order valence-corrected chi connectivity index (χ3v) is 2.23. The SMILES string of the molecule is C=CC(=O)NCCC(C)N(C)C(=O)C=C. The van der Waals surface area contributed by atoms with E-state index in [1.54, 1.807) is 11.9 Å². The fraction of sp³-hybridized carbons (Fsp3) is 0.455. The third-order valence-electron chi connectivity index (χ3n) is 2.23. The topological polar surface area (TPSA) is 49.4 Å². The summed E-state index contributed by atoms with van der Waals surface area (Å²) in [5.74, 6) is -0.308. The summed E-state index contributed by atoms with van der Waals surface area (Å²) < 4.78 is 0. The van der Waals surface area contributed by atoms with E-state index in [1.165, 1.54) is 12.2 Å². The average molecular weight is 210 g/mol. The van der Waals surface area contributed by atoms with Crippen LogP contribution < -0.4 is 5.32 Å². The molecule has 0 bridgehead atoms. The highest BCUT2D eigenvalue weighted by atomic mass is 16.2. The van der Waals surface area contributed by atoms with Crippen LogP contribution >= 0.6 is 0 Å². The second kappa shape index (κ2) is 6.81. The zero-order valence-electron chi connectivity index (χ0n) is 9.32. The van der Waals surface area contributed by atoms with Gasteiger partial charge in [0.05, 0.1) is 0 Å². The van der Waals surface area contributed by atoms with E-state index in [0.717, 1.165) is 0 Å². The second-order valence-corrected chi connectivity index (χ2v) is 3.29. The fourth-order valence-corrected chi connectivity index (χ4v) is 1.03. The van der Waals surface area contributed by atoms with E-state index < -0.39 is 0 Å². The molecule has 1 atom stereocenters. The van der Waals surface area contributed by atoms with Crippen molar-refractivity contribution in [1.82, 2.24) is 10.2 Å². The van der Waals surface area contributed by atoms with Gasteiger partial charge in [0.2, 0.25) is 11.8 Å². The number of likely N-dealkylation sites (N-methyl/N-ethyl adjacent to an activating group) is 1. The van der Waals surface area contributed by atoms with Crippen molar-refractivity contribution >= 4 is 11.8 Å². The van der Waals surface area contributed by atoms with Crippen molar-refractivity contribution < 1.29 is 9.59 Å². The lowest BCUT2D eigenvalue weighted by Crippen LogP contribution is -2.36. The van der Waals surface area contributed by atoms with Crippen molar-refractivity contribution in [1.29, 1.82) is 0 Å². The zero-order valence-corrected chi connectivity index (χ0v) is 9.32. The number of nitrogens with one attached hydrogen (secondary N) is 1. The Bertz CT molecular complexity index is 261. The van der Waals surface area contributed by atoms with Gasteiger partial charge in [-0.1, -0.05) is 13.2 Å². The molecule has 0 aromatic carbocycles.